The molecule has 6 nitrogen and oxygen atoms in total. The van der Waals surface area contributed by atoms with Gasteiger partial charge in [-0.15, -0.1) is 0 Å². The third-order valence-electron chi connectivity index (χ3n) is 4.34. The lowest BCUT2D eigenvalue weighted by atomic mass is 9.96. The highest BCUT2D eigenvalue weighted by atomic mass is 16.3. The van der Waals surface area contributed by atoms with Gasteiger partial charge in [-0.25, -0.2) is 0 Å². The van der Waals surface area contributed by atoms with Crippen LogP contribution in [0, 0.1) is 19.8 Å². The molecule has 1 fully saturated rings. The number of likely N-dealkylation sites (N-methyl/N-ethyl adjacent to an activating group) is 1. The number of aryl methyl sites for hydroxylation is 2. The number of likely N-dealkylation sites (tertiary alicyclic amines) is 1. The number of rotatable bonds is 5. The van der Waals surface area contributed by atoms with E-state index in [0.29, 0.717) is 19.0 Å². The number of hydrogen-bond donors (Lipinski definition) is 2. The van der Waals surface area contributed by atoms with Crippen LogP contribution in [0.25, 0.3) is 0 Å². The summed E-state index contributed by atoms with van der Waals surface area (Å²) in [6.45, 7) is 9.75. The number of carbonyl (C=O) groups is 2. The molecular formula is C17H27N3O3. The third-order valence-corrected chi connectivity index (χ3v) is 4.34. The van der Waals surface area contributed by atoms with Crippen LogP contribution in [0.5, 0.6) is 0 Å². The zero-order chi connectivity index (χ0) is 16.8. The summed E-state index contributed by atoms with van der Waals surface area (Å²) in [5.41, 5.74) is 1.26. The molecule has 1 aromatic rings. The van der Waals surface area contributed by atoms with Crippen molar-refractivity contribution in [2.24, 2.45) is 5.92 Å². The summed E-state index contributed by atoms with van der Waals surface area (Å²) >= 11 is 0. The Morgan fingerprint density at radius 2 is 1.87 bits per heavy atom. The average molecular weight is 321 g/mol. The first-order valence-corrected chi connectivity index (χ1v) is 8.34. The minimum Gasteiger partial charge on any atom is -0.466 e. The van der Waals surface area contributed by atoms with Gasteiger partial charge in [0.05, 0.1) is 0 Å². The zero-order valence-electron chi connectivity index (χ0n) is 14.3. The Hall–Kier alpha value is -1.82. The lowest BCUT2D eigenvalue weighted by Gasteiger charge is -2.31. The SMILES string of the molecule is CCNC(=O)C(=O)NCC1CCN(Cc2cc(C)oc2C)CC1. The molecule has 0 atom stereocenters. The Bertz CT molecular complexity index is 545. The molecule has 0 radical (unpaired) electrons. The molecule has 0 aromatic carbocycles. The maximum absolute atomic E-state index is 11.6. The number of piperidine rings is 1. The molecule has 1 aliphatic rings. The van der Waals surface area contributed by atoms with E-state index in [-0.39, 0.29) is 0 Å². The lowest BCUT2D eigenvalue weighted by molar-refractivity contribution is -0.139. The fourth-order valence-corrected chi connectivity index (χ4v) is 2.99. The van der Waals surface area contributed by atoms with Crippen LogP contribution in [-0.2, 0) is 16.1 Å². The summed E-state index contributed by atoms with van der Waals surface area (Å²) in [4.78, 5) is 25.4. The molecule has 0 saturated carbocycles. The van der Waals surface area contributed by atoms with Gasteiger partial charge < -0.3 is 15.1 Å². The molecule has 1 aromatic heterocycles. The van der Waals surface area contributed by atoms with Crippen LogP contribution >= 0.6 is 0 Å². The van der Waals surface area contributed by atoms with Crippen LogP contribution in [0.15, 0.2) is 10.5 Å². The van der Waals surface area contributed by atoms with Gasteiger partial charge in [-0.2, -0.15) is 0 Å². The van der Waals surface area contributed by atoms with E-state index in [2.05, 4.69) is 21.6 Å². The predicted octanol–water partition coefficient (Wildman–Crippen LogP) is 1.36. The van der Waals surface area contributed by atoms with Crippen LogP contribution in [-0.4, -0.2) is 42.9 Å². The minimum absolute atomic E-state index is 0.441. The second-order valence-corrected chi connectivity index (χ2v) is 6.23. The first-order chi connectivity index (χ1) is 11.0. The van der Waals surface area contributed by atoms with Gasteiger partial charge in [0, 0.05) is 25.2 Å². The average Bonchev–Trinajstić information content (AvgIpc) is 2.84. The molecule has 1 aliphatic heterocycles. The van der Waals surface area contributed by atoms with Gasteiger partial charge in [-0.3, -0.25) is 14.5 Å². The summed E-state index contributed by atoms with van der Waals surface area (Å²) in [7, 11) is 0. The summed E-state index contributed by atoms with van der Waals surface area (Å²) in [6, 6.07) is 2.11. The molecule has 23 heavy (non-hydrogen) atoms. The van der Waals surface area contributed by atoms with E-state index in [0.717, 1.165) is 44.0 Å². The molecule has 2 amide bonds. The number of nitrogens with zero attached hydrogens (tertiary/aromatic N) is 1. The van der Waals surface area contributed by atoms with Gasteiger partial charge in [-0.1, -0.05) is 0 Å². The second-order valence-electron chi connectivity index (χ2n) is 6.23. The van der Waals surface area contributed by atoms with E-state index in [1.165, 1.54) is 5.56 Å². The van der Waals surface area contributed by atoms with Crippen LogP contribution in [0.4, 0.5) is 0 Å². The van der Waals surface area contributed by atoms with Crippen molar-refractivity contribution in [2.75, 3.05) is 26.2 Å². The fourth-order valence-electron chi connectivity index (χ4n) is 2.99. The van der Waals surface area contributed by atoms with Crippen molar-refractivity contribution in [3.8, 4) is 0 Å². The zero-order valence-corrected chi connectivity index (χ0v) is 14.3. The topological polar surface area (TPSA) is 74.6 Å². The van der Waals surface area contributed by atoms with E-state index in [4.69, 9.17) is 4.42 Å². The van der Waals surface area contributed by atoms with Crippen LogP contribution in [0.3, 0.4) is 0 Å². The van der Waals surface area contributed by atoms with E-state index < -0.39 is 11.8 Å². The Morgan fingerprint density at radius 3 is 2.43 bits per heavy atom. The Balaban J connectivity index is 1.71. The van der Waals surface area contributed by atoms with E-state index in [9.17, 15) is 9.59 Å². The maximum atomic E-state index is 11.6. The number of hydrogen-bond acceptors (Lipinski definition) is 4. The Labute approximate surface area is 137 Å². The van der Waals surface area contributed by atoms with Crippen molar-refractivity contribution in [3.63, 3.8) is 0 Å². The quantitative estimate of drug-likeness (QED) is 0.803. The van der Waals surface area contributed by atoms with Crippen LogP contribution in [0.1, 0.15) is 36.8 Å². The summed E-state index contributed by atoms with van der Waals surface area (Å²) in [6.07, 6.45) is 2.07. The molecule has 2 N–H and O–H groups in total. The molecule has 0 spiro atoms. The molecule has 6 heteroatoms. The molecule has 1 saturated heterocycles. The van der Waals surface area contributed by atoms with Crippen molar-refractivity contribution in [1.29, 1.82) is 0 Å². The Kier molecular flexibility index (Phi) is 6.21. The molecule has 0 unspecified atom stereocenters. The van der Waals surface area contributed by atoms with Gasteiger partial charge in [-0.05, 0) is 58.7 Å². The van der Waals surface area contributed by atoms with Crippen molar-refractivity contribution < 1.29 is 14.0 Å². The predicted molar refractivity (Wildman–Crippen MR) is 87.9 cm³/mol. The van der Waals surface area contributed by atoms with Crippen molar-refractivity contribution in [3.05, 3.63) is 23.2 Å². The standard InChI is InChI=1S/C17H27N3O3/c1-4-18-16(21)17(22)19-10-14-5-7-20(8-6-14)11-15-9-12(2)23-13(15)3/h9,14H,4-8,10-11H2,1-3H3,(H,18,21)(H,19,22). The van der Waals surface area contributed by atoms with Crippen LogP contribution < -0.4 is 10.6 Å². The van der Waals surface area contributed by atoms with E-state index in [1.54, 1.807) is 6.92 Å². The highest BCUT2D eigenvalue weighted by molar-refractivity contribution is 6.35. The smallest absolute Gasteiger partial charge is 0.309 e. The first-order valence-electron chi connectivity index (χ1n) is 8.34. The summed E-state index contributed by atoms with van der Waals surface area (Å²) in [5.74, 6) is 1.32. The second kappa shape index (κ2) is 8.15. The minimum atomic E-state index is -0.546. The molecule has 0 aliphatic carbocycles. The van der Waals surface area contributed by atoms with Gasteiger partial charge in [0.15, 0.2) is 0 Å². The molecule has 128 valence electrons. The number of furan rings is 1. The largest absolute Gasteiger partial charge is 0.466 e. The van der Waals surface area contributed by atoms with Crippen molar-refractivity contribution in [2.45, 2.75) is 40.2 Å². The number of nitrogens with one attached hydrogen (secondary N) is 2. The Morgan fingerprint density at radius 1 is 1.22 bits per heavy atom. The van der Waals surface area contributed by atoms with Gasteiger partial charge in [0.2, 0.25) is 0 Å². The van der Waals surface area contributed by atoms with Crippen LogP contribution in [0.2, 0.25) is 0 Å². The normalized spacial score (nSPS) is 16.3. The maximum Gasteiger partial charge on any atom is 0.309 e. The monoisotopic (exact) mass is 321 g/mol. The van der Waals surface area contributed by atoms with E-state index >= 15 is 0 Å². The molecular weight excluding hydrogens is 294 g/mol. The van der Waals surface area contributed by atoms with Gasteiger partial charge in [0.25, 0.3) is 0 Å². The fraction of sp³-hybridized carbons (Fsp3) is 0.647. The molecule has 2 heterocycles. The third kappa shape index (κ3) is 5.10. The number of amides is 2. The highest BCUT2D eigenvalue weighted by Gasteiger charge is 2.22. The van der Waals surface area contributed by atoms with Gasteiger partial charge >= 0.3 is 11.8 Å². The van der Waals surface area contributed by atoms with Crippen molar-refractivity contribution >= 4 is 11.8 Å². The highest BCUT2D eigenvalue weighted by Crippen LogP contribution is 2.21. The van der Waals surface area contributed by atoms with Gasteiger partial charge in [0.1, 0.15) is 11.5 Å². The summed E-state index contributed by atoms with van der Waals surface area (Å²) in [5, 5.41) is 5.24. The summed E-state index contributed by atoms with van der Waals surface area (Å²) < 4.78 is 5.57. The van der Waals surface area contributed by atoms with E-state index in [1.807, 2.05) is 13.8 Å². The lowest BCUT2D eigenvalue weighted by Crippen LogP contribution is -2.43. The van der Waals surface area contributed by atoms with Crippen molar-refractivity contribution in [1.82, 2.24) is 15.5 Å². The first kappa shape index (κ1) is 17.5. The molecule has 2 rings (SSSR count). The molecule has 0 bridgehead atoms. The number of carbonyl (C=O) groups excluding carboxylic acids is 2.